The van der Waals surface area contributed by atoms with Crippen LogP contribution in [0.1, 0.15) is 36.5 Å². The SMILES string of the molecule is Cc1cc2occ(CC(=O)NCCN3CCN(c4ncccn4)CC3)c2cc1C(C)C. The highest BCUT2D eigenvalue weighted by atomic mass is 16.3. The summed E-state index contributed by atoms with van der Waals surface area (Å²) in [5.41, 5.74) is 4.33. The van der Waals surface area contributed by atoms with Crippen LogP contribution in [0.4, 0.5) is 5.95 Å². The highest BCUT2D eigenvalue weighted by Gasteiger charge is 2.19. The third-order valence-electron chi connectivity index (χ3n) is 5.97. The Morgan fingerprint density at radius 3 is 2.61 bits per heavy atom. The van der Waals surface area contributed by atoms with E-state index in [1.807, 2.05) is 6.07 Å². The zero-order valence-electron chi connectivity index (χ0n) is 18.6. The number of furan rings is 1. The number of aryl methyl sites for hydroxylation is 1. The molecular weight excluding hydrogens is 390 g/mol. The molecule has 1 aromatic carbocycles. The van der Waals surface area contributed by atoms with E-state index in [-0.39, 0.29) is 5.91 Å². The molecule has 0 bridgehead atoms. The number of nitrogens with zero attached hydrogens (tertiary/aromatic N) is 4. The second-order valence-corrected chi connectivity index (χ2v) is 8.52. The molecule has 3 heterocycles. The lowest BCUT2D eigenvalue weighted by molar-refractivity contribution is -0.120. The number of rotatable bonds is 7. The smallest absolute Gasteiger partial charge is 0.225 e. The highest BCUT2D eigenvalue weighted by molar-refractivity contribution is 5.88. The molecule has 7 heteroatoms. The molecule has 0 spiro atoms. The van der Waals surface area contributed by atoms with Crippen LogP contribution in [0.2, 0.25) is 0 Å². The average Bonchev–Trinajstić information content (AvgIpc) is 3.15. The van der Waals surface area contributed by atoms with Crippen molar-refractivity contribution in [1.82, 2.24) is 20.2 Å². The fourth-order valence-electron chi connectivity index (χ4n) is 4.22. The summed E-state index contributed by atoms with van der Waals surface area (Å²) in [6.45, 7) is 11.7. The number of hydrogen-bond donors (Lipinski definition) is 1. The van der Waals surface area contributed by atoms with Gasteiger partial charge < -0.3 is 14.6 Å². The molecule has 31 heavy (non-hydrogen) atoms. The van der Waals surface area contributed by atoms with Crippen LogP contribution in [0, 0.1) is 6.92 Å². The normalized spacial score (nSPS) is 15.0. The van der Waals surface area contributed by atoms with Gasteiger partial charge in [0.25, 0.3) is 0 Å². The summed E-state index contributed by atoms with van der Waals surface area (Å²) >= 11 is 0. The van der Waals surface area contributed by atoms with Crippen molar-refractivity contribution in [2.75, 3.05) is 44.2 Å². The minimum Gasteiger partial charge on any atom is -0.464 e. The van der Waals surface area contributed by atoms with Crippen LogP contribution in [0.5, 0.6) is 0 Å². The molecule has 0 radical (unpaired) electrons. The predicted molar refractivity (Wildman–Crippen MR) is 122 cm³/mol. The minimum absolute atomic E-state index is 0.0330. The number of amides is 1. The lowest BCUT2D eigenvalue weighted by atomic mass is 9.95. The topological polar surface area (TPSA) is 74.5 Å². The molecule has 1 N–H and O–H groups in total. The first-order chi connectivity index (χ1) is 15.0. The van der Waals surface area contributed by atoms with Gasteiger partial charge in [0.2, 0.25) is 11.9 Å². The van der Waals surface area contributed by atoms with Crippen molar-refractivity contribution in [2.45, 2.75) is 33.1 Å². The van der Waals surface area contributed by atoms with Gasteiger partial charge in [0, 0.05) is 62.6 Å². The lowest BCUT2D eigenvalue weighted by Gasteiger charge is -2.34. The highest BCUT2D eigenvalue weighted by Crippen LogP contribution is 2.29. The van der Waals surface area contributed by atoms with Crippen molar-refractivity contribution >= 4 is 22.8 Å². The minimum atomic E-state index is 0.0330. The van der Waals surface area contributed by atoms with Gasteiger partial charge in [0.1, 0.15) is 5.58 Å². The van der Waals surface area contributed by atoms with Gasteiger partial charge in [0.15, 0.2) is 0 Å². The summed E-state index contributed by atoms with van der Waals surface area (Å²) in [5.74, 6) is 1.26. The molecule has 7 nitrogen and oxygen atoms in total. The van der Waals surface area contributed by atoms with E-state index in [0.29, 0.717) is 18.9 Å². The zero-order valence-corrected chi connectivity index (χ0v) is 18.6. The fourth-order valence-corrected chi connectivity index (χ4v) is 4.22. The van der Waals surface area contributed by atoms with Crippen LogP contribution in [-0.4, -0.2) is 60.0 Å². The molecule has 1 fully saturated rings. The van der Waals surface area contributed by atoms with Crippen molar-refractivity contribution in [3.8, 4) is 0 Å². The molecule has 0 saturated carbocycles. The average molecular weight is 422 g/mol. The van der Waals surface area contributed by atoms with E-state index in [1.165, 1.54) is 11.1 Å². The Bertz CT molecular complexity index is 1020. The van der Waals surface area contributed by atoms with E-state index >= 15 is 0 Å². The van der Waals surface area contributed by atoms with Crippen LogP contribution >= 0.6 is 0 Å². The molecule has 164 valence electrons. The van der Waals surface area contributed by atoms with Crippen LogP contribution < -0.4 is 10.2 Å². The Morgan fingerprint density at radius 2 is 1.90 bits per heavy atom. The number of carbonyl (C=O) groups excluding carboxylic acids is 1. The van der Waals surface area contributed by atoms with Gasteiger partial charge in [-0.15, -0.1) is 0 Å². The summed E-state index contributed by atoms with van der Waals surface area (Å²) in [6.07, 6.45) is 5.61. The molecule has 1 aliphatic rings. The molecule has 1 saturated heterocycles. The molecular formula is C24H31N5O2. The van der Waals surface area contributed by atoms with Gasteiger partial charge >= 0.3 is 0 Å². The molecule has 0 unspecified atom stereocenters. The molecule has 0 aliphatic carbocycles. The number of nitrogens with one attached hydrogen (secondary N) is 1. The largest absolute Gasteiger partial charge is 0.464 e. The van der Waals surface area contributed by atoms with E-state index in [9.17, 15) is 4.79 Å². The van der Waals surface area contributed by atoms with Crippen molar-refractivity contribution < 1.29 is 9.21 Å². The van der Waals surface area contributed by atoms with Gasteiger partial charge in [-0.1, -0.05) is 13.8 Å². The van der Waals surface area contributed by atoms with Crippen LogP contribution in [0.25, 0.3) is 11.0 Å². The molecule has 2 aromatic heterocycles. The summed E-state index contributed by atoms with van der Waals surface area (Å²) < 4.78 is 5.71. The van der Waals surface area contributed by atoms with Crippen LogP contribution in [0.15, 0.2) is 41.3 Å². The van der Waals surface area contributed by atoms with Crippen molar-refractivity contribution in [2.24, 2.45) is 0 Å². The first-order valence-corrected chi connectivity index (χ1v) is 11.0. The fraction of sp³-hybridized carbons (Fsp3) is 0.458. The third kappa shape index (κ3) is 5.05. The standard InChI is InChI=1S/C24H31N5O2/c1-17(2)20-15-21-19(16-31-22(21)13-18(20)3)14-23(30)25-7-8-28-9-11-29(12-10-28)24-26-5-4-6-27-24/h4-6,13,15-17H,7-12,14H2,1-3H3,(H,25,30). The number of anilines is 1. The maximum Gasteiger partial charge on any atom is 0.225 e. The zero-order chi connectivity index (χ0) is 21.8. The molecule has 4 rings (SSSR count). The molecule has 1 aliphatic heterocycles. The molecule has 1 amide bonds. The van der Waals surface area contributed by atoms with Crippen LogP contribution in [-0.2, 0) is 11.2 Å². The summed E-state index contributed by atoms with van der Waals surface area (Å²) in [7, 11) is 0. The predicted octanol–water partition coefficient (Wildman–Crippen LogP) is 3.14. The Hall–Kier alpha value is -2.93. The first kappa shape index (κ1) is 21.3. The second-order valence-electron chi connectivity index (χ2n) is 8.52. The quantitative estimate of drug-likeness (QED) is 0.632. The van der Waals surface area contributed by atoms with Crippen molar-refractivity contribution in [3.05, 3.63) is 53.5 Å². The first-order valence-electron chi connectivity index (χ1n) is 11.0. The Morgan fingerprint density at radius 1 is 1.16 bits per heavy atom. The molecule has 0 atom stereocenters. The van der Waals surface area contributed by atoms with Gasteiger partial charge in [-0.25, -0.2) is 9.97 Å². The van der Waals surface area contributed by atoms with E-state index in [4.69, 9.17) is 4.42 Å². The van der Waals surface area contributed by atoms with E-state index in [1.54, 1.807) is 18.7 Å². The van der Waals surface area contributed by atoms with E-state index < -0.39 is 0 Å². The number of aromatic nitrogens is 2. The van der Waals surface area contributed by atoms with Crippen molar-refractivity contribution in [3.63, 3.8) is 0 Å². The van der Waals surface area contributed by atoms with Gasteiger partial charge in [-0.2, -0.15) is 0 Å². The number of hydrogen-bond acceptors (Lipinski definition) is 6. The number of benzene rings is 1. The third-order valence-corrected chi connectivity index (χ3v) is 5.97. The maximum absolute atomic E-state index is 12.5. The van der Waals surface area contributed by atoms with Gasteiger partial charge in [0.05, 0.1) is 12.7 Å². The summed E-state index contributed by atoms with van der Waals surface area (Å²) in [6, 6.07) is 6.09. The Balaban J connectivity index is 1.25. The van der Waals surface area contributed by atoms with E-state index in [0.717, 1.165) is 55.2 Å². The Kier molecular flexibility index (Phi) is 6.51. The van der Waals surface area contributed by atoms with Crippen LogP contribution in [0.3, 0.4) is 0 Å². The maximum atomic E-state index is 12.5. The number of fused-ring (bicyclic) bond motifs is 1. The van der Waals surface area contributed by atoms with Gasteiger partial charge in [-0.3, -0.25) is 9.69 Å². The lowest BCUT2D eigenvalue weighted by Crippen LogP contribution is -2.49. The Labute approximate surface area is 183 Å². The number of carbonyl (C=O) groups is 1. The van der Waals surface area contributed by atoms with Gasteiger partial charge in [-0.05, 0) is 42.2 Å². The summed E-state index contributed by atoms with van der Waals surface area (Å²) in [5, 5.41) is 4.11. The molecule has 3 aromatic rings. The van der Waals surface area contributed by atoms with E-state index in [2.05, 4.69) is 58.0 Å². The monoisotopic (exact) mass is 421 g/mol. The summed E-state index contributed by atoms with van der Waals surface area (Å²) in [4.78, 5) is 25.7. The van der Waals surface area contributed by atoms with Crippen molar-refractivity contribution in [1.29, 1.82) is 0 Å². The number of piperazine rings is 1. The second kappa shape index (κ2) is 9.47.